The Hall–Kier alpha value is -0.580. The smallest absolute Gasteiger partial charge is 0.120 e. The summed E-state index contributed by atoms with van der Waals surface area (Å²) in [5, 5.41) is 3.46. The second-order valence-electron chi connectivity index (χ2n) is 5.42. The van der Waals surface area contributed by atoms with E-state index in [2.05, 4.69) is 33.1 Å². The number of ether oxygens (including phenoxy) is 1. The molecule has 1 N–H and O–H groups in total. The van der Waals surface area contributed by atoms with Gasteiger partial charge in [-0.05, 0) is 56.6 Å². The van der Waals surface area contributed by atoms with Crippen molar-refractivity contribution in [3.05, 3.63) is 28.7 Å². The lowest BCUT2D eigenvalue weighted by molar-refractivity contribution is 0.146. The zero-order valence-corrected chi connectivity index (χ0v) is 13.9. The molecule has 1 aliphatic rings. The molecule has 2 rings (SSSR count). The van der Waals surface area contributed by atoms with Gasteiger partial charge in [0.2, 0.25) is 0 Å². The first-order chi connectivity index (χ1) is 9.78. The molecule has 1 aromatic carbocycles. The first-order valence-corrected chi connectivity index (χ1v) is 8.38. The van der Waals surface area contributed by atoms with Crippen molar-refractivity contribution in [3.8, 4) is 5.75 Å². The normalized spacial score (nSPS) is 20.0. The quantitative estimate of drug-likeness (QED) is 0.825. The highest BCUT2D eigenvalue weighted by Gasteiger charge is 2.19. The molecule has 20 heavy (non-hydrogen) atoms. The molecule has 1 aliphatic heterocycles. The molecule has 0 aromatic heterocycles. The molecule has 0 amide bonds. The zero-order chi connectivity index (χ0) is 14.2. The second-order valence-corrected chi connectivity index (χ2v) is 6.34. The van der Waals surface area contributed by atoms with E-state index < -0.39 is 0 Å². The Morgan fingerprint density at radius 2 is 2.35 bits per heavy atom. The van der Waals surface area contributed by atoms with Gasteiger partial charge in [0.1, 0.15) is 12.4 Å². The Kier molecular flexibility index (Phi) is 6.83. The van der Waals surface area contributed by atoms with Crippen LogP contribution in [0.2, 0.25) is 0 Å². The number of likely N-dealkylation sites (tertiary alicyclic amines) is 1. The maximum absolute atomic E-state index is 5.82. The average molecular weight is 341 g/mol. The molecule has 1 unspecified atom stereocenters. The lowest BCUT2D eigenvalue weighted by atomic mass is 9.98. The van der Waals surface area contributed by atoms with E-state index in [1.165, 1.54) is 25.9 Å². The predicted octanol–water partition coefficient (Wildman–Crippen LogP) is 3.15. The molecule has 112 valence electrons. The highest BCUT2D eigenvalue weighted by atomic mass is 79.9. The molecule has 1 atom stereocenters. The molecule has 0 bridgehead atoms. The van der Waals surface area contributed by atoms with Crippen molar-refractivity contribution in [1.82, 2.24) is 10.2 Å². The van der Waals surface area contributed by atoms with Crippen LogP contribution in [0.3, 0.4) is 0 Å². The highest BCUT2D eigenvalue weighted by Crippen LogP contribution is 2.18. The highest BCUT2D eigenvalue weighted by molar-refractivity contribution is 9.10. The Balaban J connectivity index is 1.68. The number of hydrogen-bond donors (Lipinski definition) is 1. The van der Waals surface area contributed by atoms with Crippen LogP contribution in [0.15, 0.2) is 28.7 Å². The van der Waals surface area contributed by atoms with E-state index in [0.717, 1.165) is 42.4 Å². The fourth-order valence-electron chi connectivity index (χ4n) is 2.72. The summed E-state index contributed by atoms with van der Waals surface area (Å²) in [7, 11) is 0. The van der Waals surface area contributed by atoms with E-state index in [-0.39, 0.29) is 0 Å². The number of halogens is 1. The zero-order valence-electron chi connectivity index (χ0n) is 12.3. The monoisotopic (exact) mass is 340 g/mol. The Morgan fingerprint density at radius 3 is 3.15 bits per heavy atom. The van der Waals surface area contributed by atoms with E-state index >= 15 is 0 Å². The lowest BCUT2D eigenvalue weighted by Gasteiger charge is -2.32. The van der Waals surface area contributed by atoms with Gasteiger partial charge in [-0.15, -0.1) is 0 Å². The van der Waals surface area contributed by atoms with Crippen LogP contribution in [0.1, 0.15) is 19.8 Å². The number of rotatable bonds is 7. The fourth-order valence-corrected chi connectivity index (χ4v) is 3.10. The van der Waals surface area contributed by atoms with Crippen molar-refractivity contribution in [2.75, 3.05) is 39.3 Å². The SMILES string of the molecule is CCNCC1CCCN(CCOc2cccc(Br)c2)C1. The summed E-state index contributed by atoms with van der Waals surface area (Å²) in [6, 6.07) is 8.05. The second kappa shape index (κ2) is 8.65. The Labute approximate surface area is 130 Å². The van der Waals surface area contributed by atoms with Gasteiger partial charge in [0.15, 0.2) is 0 Å². The van der Waals surface area contributed by atoms with Crippen LogP contribution >= 0.6 is 15.9 Å². The van der Waals surface area contributed by atoms with E-state index in [1.54, 1.807) is 0 Å². The van der Waals surface area contributed by atoms with Crippen LogP contribution in [-0.4, -0.2) is 44.2 Å². The van der Waals surface area contributed by atoms with E-state index in [4.69, 9.17) is 4.74 Å². The molecule has 0 saturated carbocycles. The standard InChI is InChI=1S/C16H25BrN2O/c1-2-18-12-14-5-4-8-19(13-14)9-10-20-16-7-3-6-15(17)11-16/h3,6-7,11,14,18H,2,4-5,8-10,12-13H2,1H3. The summed E-state index contributed by atoms with van der Waals surface area (Å²) in [5.74, 6) is 1.75. The largest absolute Gasteiger partial charge is 0.492 e. The van der Waals surface area contributed by atoms with Crippen molar-refractivity contribution in [2.45, 2.75) is 19.8 Å². The van der Waals surface area contributed by atoms with Crippen LogP contribution in [0.25, 0.3) is 0 Å². The van der Waals surface area contributed by atoms with Crippen molar-refractivity contribution in [1.29, 1.82) is 0 Å². The van der Waals surface area contributed by atoms with Crippen LogP contribution in [0, 0.1) is 5.92 Å². The van der Waals surface area contributed by atoms with Crippen LogP contribution < -0.4 is 10.1 Å². The predicted molar refractivity (Wildman–Crippen MR) is 87.3 cm³/mol. The third kappa shape index (κ3) is 5.43. The van der Waals surface area contributed by atoms with Crippen molar-refractivity contribution in [2.24, 2.45) is 5.92 Å². The maximum Gasteiger partial charge on any atom is 0.120 e. The minimum absolute atomic E-state index is 0.768. The summed E-state index contributed by atoms with van der Waals surface area (Å²) in [4.78, 5) is 2.53. The molecular weight excluding hydrogens is 316 g/mol. The van der Waals surface area contributed by atoms with Gasteiger partial charge in [-0.1, -0.05) is 28.9 Å². The molecule has 0 radical (unpaired) electrons. The van der Waals surface area contributed by atoms with E-state index in [9.17, 15) is 0 Å². The number of nitrogens with one attached hydrogen (secondary N) is 1. The van der Waals surface area contributed by atoms with Crippen molar-refractivity contribution >= 4 is 15.9 Å². The maximum atomic E-state index is 5.82. The molecule has 1 fully saturated rings. The van der Waals surface area contributed by atoms with Gasteiger partial charge in [-0.3, -0.25) is 4.90 Å². The Bertz CT molecular complexity index is 400. The third-order valence-corrected chi connectivity index (χ3v) is 4.25. The molecule has 0 aliphatic carbocycles. The number of piperidine rings is 1. The van der Waals surface area contributed by atoms with Gasteiger partial charge in [-0.25, -0.2) is 0 Å². The van der Waals surface area contributed by atoms with Gasteiger partial charge in [-0.2, -0.15) is 0 Å². The third-order valence-electron chi connectivity index (χ3n) is 3.76. The van der Waals surface area contributed by atoms with Crippen molar-refractivity contribution < 1.29 is 4.74 Å². The molecule has 3 nitrogen and oxygen atoms in total. The van der Waals surface area contributed by atoms with Gasteiger partial charge in [0.05, 0.1) is 0 Å². The molecule has 1 heterocycles. The van der Waals surface area contributed by atoms with Gasteiger partial charge in [0, 0.05) is 17.6 Å². The topological polar surface area (TPSA) is 24.5 Å². The minimum Gasteiger partial charge on any atom is -0.492 e. The van der Waals surface area contributed by atoms with Gasteiger partial charge < -0.3 is 10.1 Å². The fraction of sp³-hybridized carbons (Fsp3) is 0.625. The Morgan fingerprint density at radius 1 is 1.45 bits per heavy atom. The number of nitrogens with zero attached hydrogens (tertiary/aromatic N) is 1. The van der Waals surface area contributed by atoms with E-state index in [1.807, 2.05) is 24.3 Å². The van der Waals surface area contributed by atoms with Crippen LogP contribution in [0.5, 0.6) is 5.75 Å². The number of hydrogen-bond acceptors (Lipinski definition) is 3. The summed E-state index contributed by atoms with van der Waals surface area (Å²) >= 11 is 3.47. The van der Waals surface area contributed by atoms with Gasteiger partial charge >= 0.3 is 0 Å². The van der Waals surface area contributed by atoms with Crippen LogP contribution in [0.4, 0.5) is 0 Å². The molecule has 1 aromatic rings. The lowest BCUT2D eigenvalue weighted by Crippen LogP contribution is -2.41. The summed E-state index contributed by atoms with van der Waals surface area (Å²) in [5.41, 5.74) is 0. The first kappa shape index (κ1) is 15.8. The molecule has 1 saturated heterocycles. The summed E-state index contributed by atoms with van der Waals surface area (Å²) in [6.45, 7) is 8.60. The summed E-state index contributed by atoms with van der Waals surface area (Å²) < 4.78 is 6.89. The van der Waals surface area contributed by atoms with Gasteiger partial charge in [0.25, 0.3) is 0 Å². The van der Waals surface area contributed by atoms with Crippen molar-refractivity contribution in [3.63, 3.8) is 0 Å². The molecule has 0 spiro atoms. The average Bonchev–Trinajstić information content (AvgIpc) is 2.46. The molecule has 4 heteroatoms. The van der Waals surface area contributed by atoms with Crippen LogP contribution in [-0.2, 0) is 0 Å². The minimum atomic E-state index is 0.768. The molecular formula is C16H25BrN2O. The first-order valence-electron chi connectivity index (χ1n) is 7.59. The van der Waals surface area contributed by atoms with E-state index in [0.29, 0.717) is 0 Å². The number of benzene rings is 1. The summed E-state index contributed by atoms with van der Waals surface area (Å²) in [6.07, 6.45) is 2.67.